The van der Waals surface area contributed by atoms with Crippen LogP contribution >= 0.6 is 0 Å². The molecule has 26 heavy (non-hydrogen) atoms. The van der Waals surface area contributed by atoms with E-state index in [0.29, 0.717) is 18.2 Å². The molecule has 3 aliphatic rings. The summed E-state index contributed by atoms with van der Waals surface area (Å²) in [5.41, 5.74) is 0.348. The highest BCUT2D eigenvalue weighted by atomic mass is 19.4. The number of piperidine rings is 3. The molecule has 0 spiro atoms. The Morgan fingerprint density at radius 1 is 1.31 bits per heavy atom. The predicted octanol–water partition coefficient (Wildman–Crippen LogP) is 4.25. The van der Waals surface area contributed by atoms with E-state index in [-0.39, 0.29) is 11.8 Å². The number of halogens is 3. The first-order valence-corrected chi connectivity index (χ1v) is 8.87. The number of amides is 1. The third-order valence-electron chi connectivity index (χ3n) is 5.28. The summed E-state index contributed by atoms with van der Waals surface area (Å²) in [6, 6.07) is 5.20. The number of rotatable bonds is 5. The zero-order valence-corrected chi connectivity index (χ0v) is 14.6. The molecule has 1 N–H and O–H groups in total. The van der Waals surface area contributed by atoms with Crippen LogP contribution in [0.3, 0.4) is 0 Å². The van der Waals surface area contributed by atoms with Gasteiger partial charge >= 0.3 is 12.5 Å². The Balaban J connectivity index is 1.45. The number of fused-ring (bicyclic) bond motifs is 3. The second kappa shape index (κ2) is 7.73. The number of carbonyl (C=O) groups is 1. The lowest BCUT2D eigenvalue weighted by molar-refractivity contribution is -0.274. The predicted molar refractivity (Wildman–Crippen MR) is 90.0 cm³/mol. The second-order valence-corrected chi connectivity index (χ2v) is 6.90. The van der Waals surface area contributed by atoms with Crippen LogP contribution in [0.1, 0.15) is 26.2 Å². The molecule has 0 aromatic heterocycles. The van der Waals surface area contributed by atoms with E-state index in [1.807, 2.05) is 0 Å². The SMILES string of the molecule is CCC1CN2CCC1CC2COC(=O)Nc1ccc(OC(F)(F)F)cc1. The zero-order valence-electron chi connectivity index (χ0n) is 14.6. The highest BCUT2D eigenvalue weighted by molar-refractivity contribution is 5.84. The maximum atomic E-state index is 12.1. The van der Waals surface area contributed by atoms with E-state index in [4.69, 9.17) is 4.74 Å². The van der Waals surface area contributed by atoms with Gasteiger partial charge < -0.3 is 9.47 Å². The number of carbonyl (C=O) groups excluding carboxylic acids is 1. The van der Waals surface area contributed by atoms with Gasteiger partial charge in [-0.15, -0.1) is 13.2 Å². The van der Waals surface area contributed by atoms with Crippen molar-refractivity contribution in [3.05, 3.63) is 24.3 Å². The molecule has 2 bridgehead atoms. The number of hydrogen-bond donors (Lipinski definition) is 1. The summed E-state index contributed by atoms with van der Waals surface area (Å²) in [5.74, 6) is 1.11. The van der Waals surface area contributed by atoms with Crippen LogP contribution < -0.4 is 10.1 Å². The van der Waals surface area contributed by atoms with E-state index >= 15 is 0 Å². The van der Waals surface area contributed by atoms with Gasteiger partial charge in [0.25, 0.3) is 0 Å². The Labute approximate surface area is 150 Å². The maximum Gasteiger partial charge on any atom is 0.573 e. The normalized spacial score (nSPS) is 27.8. The van der Waals surface area contributed by atoms with Crippen LogP contribution in [0.15, 0.2) is 24.3 Å². The molecule has 4 atom stereocenters. The van der Waals surface area contributed by atoms with Gasteiger partial charge in [0.1, 0.15) is 12.4 Å². The third-order valence-corrected chi connectivity index (χ3v) is 5.28. The molecular weight excluding hydrogens is 349 g/mol. The molecule has 0 aliphatic carbocycles. The van der Waals surface area contributed by atoms with E-state index in [9.17, 15) is 18.0 Å². The number of nitrogens with one attached hydrogen (secondary N) is 1. The average Bonchev–Trinajstić information content (AvgIpc) is 2.61. The van der Waals surface area contributed by atoms with Gasteiger partial charge in [0, 0.05) is 18.3 Å². The summed E-state index contributed by atoms with van der Waals surface area (Å²) in [6.07, 6.45) is -1.89. The summed E-state index contributed by atoms with van der Waals surface area (Å²) in [5, 5.41) is 2.52. The minimum atomic E-state index is -4.74. The zero-order chi connectivity index (χ0) is 18.7. The molecular formula is C18H23F3N2O3. The fourth-order valence-corrected chi connectivity index (χ4v) is 3.95. The molecule has 1 aromatic rings. The Morgan fingerprint density at radius 2 is 2.04 bits per heavy atom. The lowest BCUT2D eigenvalue weighted by Crippen LogP contribution is -2.54. The van der Waals surface area contributed by atoms with Crippen LogP contribution in [-0.2, 0) is 4.74 Å². The summed E-state index contributed by atoms with van der Waals surface area (Å²) in [6.45, 7) is 4.67. The largest absolute Gasteiger partial charge is 0.573 e. The average molecular weight is 372 g/mol. The minimum absolute atomic E-state index is 0.255. The number of nitrogens with zero attached hydrogens (tertiary/aromatic N) is 1. The number of benzene rings is 1. The molecule has 1 aromatic carbocycles. The van der Waals surface area contributed by atoms with Gasteiger partial charge in [-0.05, 0) is 55.5 Å². The summed E-state index contributed by atoms with van der Waals surface area (Å²) in [4.78, 5) is 14.3. The van der Waals surface area contributed by atoms with Gasteiger partial charge in [-0.1, -0.05) is 13.3 Å². The first kappa shape index (κ1) is 18.8. The van der Waals surface area contributed by atoms with Crippen LogP contribution in [0.4, 0.5) is 23.7 Å². The van der Waals surface area contributed by atoms with E-state index in [0.717, 1.165) is 37.6 Å². The van der Waals surface area contributed by atoms with E-state index < -0.39 is 12.5 Å². The number of anilines is 1. The second-order valence-electron chi connectivity index (χ2n) is 6.90. The molecule has 3 heterocycles. The lowest BCUT2D eigenvalue weighted by atomic mass is 9.75. The van der Waals surface area contributed by atoms with Crippen molar-refractivity contribution in [2.75, 3.05) is 25.0 Å². The molecule has 0 saturated carbocycles. The number of alkyl halides is 3. The molecule has 3 fully saturated rings. The summed E-state index contributed by atoms with van der Waals surface area (Å²) >= 11 is 0. The first-order chi connectivity index (χ1) is 12.3. The quantitative estimate of drug-likeness (QED) is 0.839. The van der Waals surface area contributed by atoms with E-state index in [1.165, 1.54) is 25.0 Å². The Bertz CT molecular complexity index is 621. The van der Waals surface area contributed by atoms with Crippen molar-refractivity contribution in [2.45, 2.75) is 38.6 Å². The van der Waals surface area contributed by atoms with Gasteiger partial charge in [-0.2, -0.15) is 0 Å². The fraction of sp³-hybridized carbons (Fsp3) is 0.611. The highest BCUT2D eigenvalue weighted by Gasteiger charge is 2.39. The van der Waals surface area contributed by atoms with Gasteiger partial charge in [0.2, 0.25) is 0 Å². The smallest absolute Gasteiger partial charge is 0.448 e. The number of hydrogen-bond acceptors (Lipinski definition) is 4. The van der Waals surface area contributed by atoms with Crippen LogP contribution in [0.2, 0.25) is 0 Å². The third kappa shape index (κ3) is 4.81. The summed E-state index contributed by atoms with van der Waals surface area (Å²) in [7, 11) is 0. The van der Waals surface area contributed by atoms with Crippen molar-refractivity contribution in [1.29, 1.82) is 0 Å². The molecule has 3 saturated heterocycles. The van der Waals surface area contributed by atoms with Crippen molar-refractivity contribution >= 4 is 11.8 Å². The Morgan fingerprint density at radius 3 is 2.62 bits per heavy atom. The minimum Gasteiger partial charge on any atom is -0.448 e. The Kier molecular flexibility index (Phi) is 5.60. The van der Waals surface area contributed by atoms with Crippen molar-refractivity contribution in [1.82, 2.24) is 4.90 Å². The van der Waals surface area contributed by atoms with Crippen LogP contribution in [0, 0.1) is 11.8 Å². The molecule has 8 heteroatoms. The van der Waals surface area contributed by atoms with Crippen molar-refractivity contribution in [3.63, 3.8) is 0 Å². The molecule has 4 rings (SSSR count). The first-order valence-electron chi connectivity index (χ1n) is 8.87. The van der Waals surface area contributed by atoms with Gasteiger partial charge in [0.15, 0.2) is 0 Å². The van der Waals surface area contributed by atoms with Gasteiger partial charge in [-0.25, -0.2) is 4.79 Å². The topological polar surface area (TPSA) is 50.8 Å². The molecule has 4 unspecified atom stereocenters. The maximum absolute atomic E-state index is 12.1. The fourth-order valence-electron chi connectivity index (χ4n) is 3.95. The van der Waals surface area contributed by atoms with Crippen LogP contribution in [-0.4, -0.2) is 43.1 Å². The van der Waals surface area contributed by atoms with Gasteiger partial charge in [0.05, 0.1) is 0 Å². The summed E-state index contributed by atoms with van der Waals surface area (Å²) < 4.78 is 45.5. The molecule has 144 valence electrons. The van der Waals surface area contributed by atoms with Crippen molar-refractivity contribution < 1.29 is 27.4 Å². The van der Waals surface area contributed by atoms with Crippen molar-refractivity contribution in [2.24, 2.45) is 11.8 Å². The molecule has 5 nitrogen and oxygen atoms in total. The van der Waals surface area contributed by atoms with Crippen molar-refractivity contribution in [3.8, 4) is 5.75 Å². The standard InChI is InChI=1S/C18H23F3N2O3/c1-2-12-10-23-8-7-13(12)9-15(23)11-25-17(24)22-14-3-5-16(6-4-14)26-18(19,20)21/h3-6,12-13,15H,2,7-11H2,1H3,(H,22,24). The number of ether oxygens (including phenoxy) is 2. The van der Waals surface area contributed by atoms with Crippen LogP contribution in [0.5, 0.6) is 5.75 Å². The van der Waals surface area contributed by atoms with E-state index in [2.05, 4.69) is 21.9 Å². The van der Waals surface area contributed by atoms with Gasteiger partial charge in [-0.3, -0.25) is 10.2 Å². The monoisotopic (exact) mass is 372 g/mol. The van der Waals surface area contributed by atoms with Crippen LogP contribution in [0.25, 0.3) is 0 Å². The molecule has 3 aliphatic heterocycles. The Hall–Kier alpha value is -1.96. The lowest BCUT2D eigenvalue weighted by Gasteiger charge is -2.49. The van der Waals surface area contributed by atoms with E-state index in [1.54, 1.807) is 0 Å². The molecule has 1 amide bonds. The highest BCUT2D eigenvalue weighted by Crippen LogP contribution is 2.37. The molecule has 0 radical (unpaired) electrons.